The normalized spacial score (nSPS) is 33.6. The molecule has 0 nitrogen and oxygen atoms in total. The Kier molecular flexibility index (Phi) is 5.92. The molecular formula is C14H26S2. The molecule has 94 valence electrons. The fourth-order valence-corrected chi connectivity index (χ4v) is 6.22. The average Bonchev–Trinajstić information content (AvgIpc) is 2.57. The van der Waals surface area contributed by atoms with E-state index in [1.54, 1.807) is 0 Å². The molecule has 0 aromatic carbocycles. The molecule has 0 N–H and O–H groups in total. The summed E-state index contributed by atoms with van der Waals surface area (Å²) >= 11 is 0. The molecular weight excluding hydrogens is 232 g/mol. The highest BCUT2D eigenvalue weighted by Crippen LogP contribution is 2.42. The van der Waals surface area contributed by atoms with Gasteiger partial charge in [-0.25, -0.2) is 0 Å². The van der Waals surface area contributed by atoms with Gasteiger partial charge in [0, 0.05) is 10.5 Å². The van der Waals surface area contributed by atoms with Crippen molar-refractivity contribution in [3.63, 3.8) is 0 Å². The Morgan fingerprint density at radius 3 is 1.69 bits per heavy atom. The summed E-state index contributed by atoms with van der Waals surface area (Å²) in [5, 5.41) is 1.95. The molecule has 2 saturated carbocycles. The highest BCUT2D eigenvalue weighted by Gasteiger charge is 2.21. The second kappa shape index (κ2) is 7.20. The van der Waals surface area contributed by atoms with Crippen LogP contribution in [0.15, 0.2) is 0 Å². The lowest BCUT2D eigenvalue weighted by atomic mass is 9.91. The summed E-state index contributed by atoms with van der Waals surface area (Å²) in [5.41, 5.74) is 0. The first-order chi connectivity index (χ1) is 7.84. The molecule has 0 atom stereocenters. The number of hydrogen-bond acceptors (Lipinski definition) is 2. The van der Waals surface area contributed by atoms with Crippen LogP contribution in [0.1, 0.15) is 71.1 Å². The first-order valence-corrected chi connectivity index (χ1v) is 9.44. The van der Waals surface area contributed by atoms with Gasteiger partial charge in [-0.15, -0.1) is 0 Å². The highest BCUT2D eigenvalue weighted by atomic mass is 33.1. The quantitative estimate of drug-likeness (QED) is 0.472. The molecule has 2 heteroatoms. The van der Waals surface area contributed by atoms with Crippen molar-refractivity contribution >= 4 is 21.6 Å². The van der Waals surface area contributed by atoms with Crippen molar-refractivity contribution in [1.29, 1.82) is 0 Å². The van der Waals surface area contributed by atoms with Gasteiger partial charge in [0.2, 0.25) is 0 Å². The van der Waals surface area contributed by atoms with Crippen LogP contribution in [-0.2, 0) is 0 Å². The van der Waals surface area contributed by atoms with Crippen LogP contribution in [0.25, 0.3) is 0 Å². The van der Waals surface area contributed by atoms with E-state index < -0.39 is 0 Å². The van der Waals surface area contributed by atoms with Crippen molar-refractivity contribution in [3.05, 3.63) is 0 Å². The minimum absolute atomic E-state index is 0.976. The number of hydrogen-bond donors (Lipinski definition) is 0. The standard InChI is InChI=1S/C14H26S2/c1-12-8-10-14(11-9-12)16-15-13-6-4-2-3-5-7-13/h12-14H,2-11H2,1H3. The van der Waals surface area contributed by atoms with E-state index in [1.807, 2.05) is 0 Å². The van der Waals surface area contributed by atoms with E-state index in [9.17, 15) is 0 Å². The fourth-order valence-electron chi connectivity index (χ4n) is 2.82. The smallest absolute Gasteiger partial charge is 0.0151 e. The largest absolute Gasteiger partial charge is 0.0904 e. The van der Waals surface area contributed by atoms with E-state index in [0.29, 0.717) is 0 Å². The molecule has 0 heterocycles. The third kappa shape index (κ3) is 4.52. The molecule has 16 heavy (non-hydrogen) atoms. The second-order valence-corrected chi connectivity index (χ2v) is 8.56. The van der Waals surface area contributed by atoms with Crippen molar-refractivity contribution in [3.8, 4) is 0 Å². The maximum atomic E-state index is 2.42. The first kappa shape index (κ1) is 13.1. The van der Waals surface area contributed by atoms with Crippen molar-refractivity contribution in [1.82, 2.24) is 0 Å². The van der Waals surface area contributed by atoms with Crippen LogP contribution in [0.4, 0.5) is 0 Å². The number of rotatable bonds is 3. The summed E-state index contributed by atoms with van der Waals surface area (Å²) in [6.45, 7) is 2.42. The molecule has 2 aliphatic rings. The van der Waals surface area contributed by atoms with Crippen molar-refractivity contribution in [2.75, 3.05) is 0 Å². The van der Waals surface area contributed by atoms with E-state index in [1.165, 1.54) is 64.2 Å². The van der Waals surface area contributed by atoms with Gasteiger partial charge in [0.1, 0.15) is 0 Å². The molecule has 0 aromatic heterocycles. The third-order valence-corrected chi connectivity index (χ3v) is 7.66. The Bertz CT molecular complexity index is 177. The summed E-state index contributed by atoms with van der Waals surface area (Å²) in [6, 6.07) is 0. The lowest BCUT2D eigenvalue weighted by Crippen LogP contribution is -2.13. The van der Waals surface area contributed by atoms with E-state index in [0.717, 1.165) is 16.4 Å². The molecule has 0 bridgehead atoms. The van der Waals surface area contributed by atoms with E-state index in [4.69, 9.17) is 0 Å². The summed E-state index contributed by atoms with van der Waals surface area (Å²) in [4.78, 5) is 0. The van der Waals surface area contributed by atoms with Crippen molar-refractivity contribution < 1.29 is 0 Å². The van der Waals surface area contributed by atoms with E-state index in [2.05, 4.69) is 28.5 Å². The van der Waals surface area contributed by atoms with Crippen molar-refractivity contribution in [2.24, 2.45) is 5.92 Å². The summed E-state index contributed by atoms with van der Waals surface area (Å²) < 4.78 is 0. The molecule has 2 rings (SSSR count). The Morgan fingerprint density at radius 2 is 1.12 bits per heavy atom. The minimum Gasteiger partial charge on any atom is -0.0904 e. The molecule has 2 aliphatic carbocycles. The van der Waals surface area contributed by atoms with Gasteiger partial charge in [-0.1, -0.05) is 54.2 Å². The topological polar surface area (TPSA) is 0 Å². The zero-order valence-electron chi connectivity index (χ0n) is 10.6. The molecule has 0 spiro atoms. The maximum Gasteiger partial charge on any atom is 0.0151 e. The fraction of sp³-hybridized carbons (Fsp3) is 1.00. The maximum absolute atomic E-state index is 2.42. The highest BCUT2D eigenvalue weighted by molar-refractivity contribution is 8.77. The van der Waals surface area contributed by atoms with Crippen LogP contribution in [0.3, 0.4) is 0 Å². The molecule has 0 aliphatic heterocycles. The molecule has 0 aromatic rings. The zero-order chi connectivity index (χ0) is 11.2. The van der Waals surface area contributed by atoms with E-state index >= 15 is 0 Å². The van der Waals surface area contributed by atoms with Crippen LogP contribution in [-0.4, -0.2) is 10.5 Å². The predicted octanol–water partition coefficient (Wildman–Crippen LogP) is 5.67. The molecule has 2 fully saturated rings. The minimum atomic E-state index is 0.976. The van der Waals surface area contributed by atoms with Gasteiger partial charge < -0.3 is 0 Å². The SMILES string of the molecule is CC1CCC(SSC2CCCCCC2)CC1. The summed E-state index contributed by atoms with van der Waals surface area (Å²) in [5.74, 6) is 1.000. The first-order valence-electron chi connectivity index (χ1n) is 7.16. The van der Waals surface area contributed by atoms with Gasteiger partial charge in [-0.2, -0.15) is 0 Å². The predicted molar refractivity (Wildman–Crippen MR) is 78.1 cm³/mol. The van der Waals surface area contributed by atoms with Gasteiger partial charge in [0.15, 0.2) is 0 Å². The molecule has 0 amide bonds. The summed E-state index contributed by atoms with van der Waals surface area (Å²) in [7, 11) is 4.47. The monoisotopic (exact) mass is 258 g/mol. The average molecular weight is 258 g/mol. The van der Waals surface area contributed by atoms with Crippen LogP contribution >= 0.6 is 21.6 Å². The van der Waals surface area contributed by atoms with Crippen molar-refractivity contribution in [2.45, 2.75) is 81.6 Å². The zero-order valence-corrected chi connectivity index (χ0v) is 12.3. The lowest BCUT2D eigenvalue weighted by Gasteiger charge is -2.26. The van der Waals surface area contributed by atoms with Gasteiger partial charge in [0.05, 0.1) is 0 Å². The third-order valence-electron chi connectivity index (χ3n) is 4.09. The van der Waals surface area contributed by atoms with Gasteiger partial charge >= 0.3 is 0 Å². The van der Waals surface area contributed by atoms with Gasteiger partial charge in [-0.05, 0) is 44.4 Å². The Hall–Kier alpha value is 0.700. The summed E-state index contributed by atoms with van der Waals surface area (Å²) in [6.07, 6.45) is 14.8. The lowest BCUT2D eigenvalue weighted by molar-refractivity contribution is 0.394. The van der Waals surface area contributed by atoms with Gasteiger partial charge in [0.25, 0.3) is 0 Å². The van der Waals surface area contributed by atoms with Gasteiger partial charge in [-0.3, -0.25) is 0 Å². The van der Waals surface area contributed by atoms with Crippen LogP contribution < -0.4 is 0 Å². The van der Waals surface area contributed by atoms with Crippen LogP contribution in [0.2, 0.25) is 0 Å². The Morgan fingerprint density at radius 1 is 0.625 bits per heavy atom. The van der Waals surface area contributed by atoms with Crippen LogP contribution in [0, 0.1) is 5.92 Å². The molecule has 0 saturated heterocycles. The Balaban J connectivity index is 1.62. The van der Waals surface area contributed by atoms with E-state index in [-0.39, 0.29) is 0 Å². The van der Waals surface area contributed by atoms with Crippen LogP contribution in [0.5, 0.6) is 0 Å². The molecule has 0 radical (unpaired) electrons. The Labute approximate surface area is 109 Å². The molecule has 0 unspecified atom stereocenters. The second-order valence-electron chi connectivity index (χ2n) is 5.69.